The van der Waals surface area contributed by atoms with Crippen LogP contribution in [0.15, 0.2) is 41.8 Å². The van der Waals surface area contributed by atoms with E-state index in [1.165, 1.54) is 4.88 Å². The molecule has 2 N–H and O–H groups in total. The lowest BCUT2D eigenvalue weighted by Gasteiger charge is -2.23. The highest BCUT2D eigenvalue weighted by molar-refractivity contribution is 7.10. The zero-order valence-electron chi connectivity index (χ0n) is 12.2. The van der Waals surface area contributed by atoms with Crippen molar-refractivity contribution in [1.82, 2.24) is 10.3 Å². The van der Waals surface area contributed by atoms with Gasteiger partial charge in [-0.05, 0) is 17.5 Å². The summed E-state index contributed by atoms with van der Waals surface area (Å²) >= 11 is 8.25. The first kappa shape index (κ1) is 14.6. The molecule has 2 heterocycles. The SMILES string of the molecule is CC(C)(CNCc1[nH]c2ccccc2c1Cl)c1cccs1. The highest BCUT2D eigenvalue weighted by Crippen LogP contribution is 2.28. The summed E-state index contributed by atoms with van der Waals surface area (Å²) in [6.45, 7) is 6.19. The quantitative estimate of drug-likeness (QED) is 0.684. The van der Waals surface area contributed by atoms with Crippen molar-refractivity contribution in [3.05, 3.63) is 57.4 Å². The van der Waals surface area contributed by atoms with Crippen molar-refractivity contribution in [2.75, 3.05) is 6.54 Å². The Morgan fingerprint density at radius 2 is 2.00 bits per heavy atom. The fourth-order valence-corrected chi connectivity index (χ4v) is 3.67. The van der Waals surface area contributed by atoms with Crippen LogP contribution >= 0.6 is 22.9 Å². The molecule has 0 radical (unpaired) electrons. The van der Waals surface area contributed by atoms with Crippen LogP contribution in [0.4, 0.5) is 0 Å². The number of halogens is 1. The molecule has 1 aromatic carbocycles. The van der Waals surface area contributed by atoms with E-state index in [0.717, 1.165) is 34.7 Å². The standard InChI is InChI=1S/C17H19ClN2S/c1-17(2,15-8-5-9-21-15)11-19-10-14-16(18)12-6-3-4-7-13(12)20-14/h3-9,19-20H,10-11H2,1-2H3. The van der Waals surface area contributed by atoms with Gasteiger partial charge in [-0.3, -0.25) is 0 Å². The maximum atomic E-state index is 6.44. The molecule has 3 rings (SSSR count). The molecule has 4 heteroatoms. The molecule has 0 bridgehead atoms. The normalized spacial score (nSPS) is 12.1. The van der Waals surface area contributed by atoms with Gasteiger partial charge in [-0.2, -0.15) is 0 Å². The highest BCUT2D eigenvalue weighted by Gasteiger charge is 2.21. The van der Waals surface area contributed by atoms with Crippen molar-refractivity contribution in [3.8, 4) is 0 Å². The third-order valence-corrected chi connectivity index (χ3v) is 5.44. The number of H-pyrrole nitrogens is 1. The predicted octanol–water partition coefficient (Wildman–Crippen LogP) is 4.95. The first-order valence-corrected chi connectivity index (χ1v) is 8.33. The Morgan fingerprint density at radius 1 is 1.19 bits per heavy atom. The van der Waals surface area contributed by atoms with Crippen LogP contribution in [-0.4, -0.2) is 11.5 Å². The van der Waals surface area contributed by atoms with Gasteiger partial charge in [-0.25, -0.2) is 0 Å². The minimum Gasteiger partial charge on any atom is -0.356 e. The van der Waals surface area contributed by atoms with Crippen molar-refractivity contribution in [2.24, 2.45) is 0 Å². The Balaban J connectivity index is 1.68. The Bertz CT molecular complexity index is 728. The van der Waals surface area contributed by atoms with Crippen molar-refractivity contribution in [2.45, 2.75) is 25.8 Å². The first-order valence-electron chi connectivity index (χ1n) is 7.08. The molecule has 0 amide bonds. The number of hydrogen-bond acceptors (Lipinski definition) is 2. The van der Waals surface area contributed by atoms with Gasteiger partial charge in [-0.1, -0.05) is 49.7 Å². The second-order valence-electron chi connectivity index (χ2n) is 5.93. The Kier molecular flexibility index (Phi) is 4.07. The van der Waals surface area contributed by atoms with E-state index in [4.69, 9.17) is 11.6 Å². The average Bonchev–Trinajstić information content (AvgIpc) is 3.09. The number of fused-ring (bicyclic) bond motifs is 1. The first-order chi connectivity index (χ1) is 10.1. The lowest BCUT2D eigenvalue weighted by atomic mass is 9.91. The molecule has 0 aliphatic rings. The van der Waals surface area contributed by atoms with Gasteiger partial charge >= 0.3 is 0 Å². The summed E-state index contributed by atoms with van der Waals surface area (Å²) < 4.78 is 0. The number of rotatable bonds is 5. The lowest BCUT2D eigenvalue weighted by Crippen LogP contribution is -2.32. The van der Waals surface area contributed by atoms with Crippen LogP contribution in [-0.2, 0) is 12.0 Å². The largest absolute Gasteiger partial charge is 0.356 e. The molecule has 2 aromatic heterocycles. The molecule has 0 fully saturated rings. The van der Waals surface area contributed by atoms with Crippen molar-refractivity contribution in [3.63, 3.8) is 0 Å². The van der Waals surface area contributed by atoms with Crippen LogP contribution in [0.5, 0.6) is 0 Å². The summed E-state index contributed by atoms with van der Waals surface area (Å²) in [5.74, 6) is 0. The molecule has 0 spiro atoms. The minimum atomic E-state index is 0.132. The Morgan fingerprint density at radius 3 is 2.71 bits per heavy atom. The van der Waals surface area contributed by atoms with Gasteiger partial charge in [0.15, 0.2) is 0 Å². The van der Waals surface area contributed by atoms with Crippen LogP contribution in [0.2, 0.25) is 5.02 Å². The maximum absolute atomic E-state index is 6.44. The molecule has 0 saturated carbocycles. The third-order valence-electron chi connectivity index (χ3n) is 3.77. The zero-order chi connectivity index (χ0) is 14.9. The van der Waals surface area contributed by atoms with E-state index in [9.17, 15) is 0 Å². The number of nitrogens with one attached hydrogen (secondary N) is 2. The molecule has 0 aliphatic carbocycles. The highest BCUT2D eigenvalue weighted by atomic mass is 35.5. The average molecular weight is 319 g/mol. The van der Waals surface area contributed by atoms with Gasteiger partial charge in [0.1, 0.15) is 0 Å². The van der Waals surface area contributed by atoms with Gasteiger partial charge in [0.05, 0.1) is 5.02 Å². The van der Waals surface area contributed by atoms with Gasteiger partial charge in [0.2, 0.25) is 0 Å². The Labute approximate surface area is 134 Å². The fraction of sp³-hybridized carbons (Fsp3) is 0.294. The predicted molar refractivity (Wildman–Crippen MR) is 92.4 cm³/mol. The third kappa shape index (κ3) is 3.00. The molecule has 0 atom stereocenters. The summed E-state index contributed by atoms with van der Waals surface area (Å²) in [6.07, 6.45) is 0. The number of hydrogen-bond donors (Lipinski definition) is 2. The molecular formula is C17H19ClN2S. The van der Waals surface area contributed by atoms with E-state index in [1.54, 1.807) is 0 Å². The van der Waals surface area contributed by atoms with Crippen LogP contribution in [0.3, 0.4) is 0 Å². The van der Waals surface area contributed by atoms with Crippen molar-refractivity contribution in [1.29, 1.82) is 0 Å². The number of benzene rings is 1. The van der Waals surface area contributed by atoms with E-state index in [-0.39, 0.29) is 5.41 Å². The van der Waals surface area contributed by atoms with Crippen LogP contribution in [0, 0.1) is 0 Å². The van der Waals surface area contributed by atoms with Crippen LogP contribution < -0.4 is 5.32 Å². The minimum absolute atomic E-state index is 0.132. The maximum Gasteiger partial charge on any atom is 0.0705 e. The number of aromatic nitrogens is 1. The second-order valence-corrected chi connectivity index (χ2v) is 7.25. The zero-order valence-corrected chi connectivity index (χ0v) is 13.8. The lowest BCUT2D eigenvalue weighted by molar-refractivity contribution is 0.475. The summed E-state index contributed by atoms with van der Waals surface area (Å²) in [7, 11) is 0. The van der Waals surface area contributed by atoms with Gasteiger partial charge in [0, 0.05) is 40.0 Å². The monoisotopic (exact) mass is 318 g/mol. The summed E-state index contributed by atoms with van der Waals surface area (Å²) in [6, 6.07) is 12.4. The molecule has 0 unspecified atom stereocenters. The van der Waals surface area contributed by atoms with Crippen molar-refractivity contribution < 1.29 is 0 Å². The smallest absolute Gasteiger partial charge is 0.0705 e. The molecular weight excluding hydrogens is 300 g/mol. The fourth-order valence-electron chi connectivity index (χ4n) is 2.54. The van der Waals surface area contributed by atoms with Crippen LogP contribution in [0.25, 0.3) is 10.9 Å². The van der Waals surface area contributed by atoms with E-state index < -0.39 is 0 Å². The number of para-hydroxylation sites is 1. The number of aromatic amines is 1. The van der Waals surface area contributed by atoms with Gasteiger partial charge < -0.3 is 10.3 Å². The Hall–Kier alpha value is -1.29. The summed E-state index contributed by atoms with van der Waals surface area (Å²) in [5, 5.41) is 7.57. The molecule has 110 valence electrons. The summed E-state index contributed by atoms with van der Waals surface area (Å²) in [5.41, 5.74) is 2.28. The summed E-state index contributed by atoms with van der Waals surface area (Å²) in [4.78, 5) is 4.79. The van der Waals surface area contributed by atoms with E-state index in [0.29, 0.717) is 0 Å². The molecule has 0 saturated heterocycles. The van der Waals surface area contributed by atoms with Crippen molar-refractivity contribution >= 4 is 33.8 Å². The number of thiophene rings is 1. The van der Waals surface area contributed by atoms with Gasteiger partial charge in [0.25, 0.3) is 0 Å². The second kappa shape index (κ2) is 5.84. The van der Waals surface area contributed by atoms with E-state index >= 15 is 0 Å². The molecule has 3 aromatic rings. The molecule has 0 aliphatic heterocycles. The van der Waals surface area contributed by atoms with Gasteiger partial charge in [-0.15, -0.1) is 11.3 Å². The molecule has 2 nitrogen and oxygen atoms in total. The van der Waals surface area contributed by atoms with E-state index in [1.807, 2.05) is 29.5 Å². The van der Waals surface area contributed by atoms with E-state index in [2.05, 4.69) is 47.7 Å². The molecule has 21 heavy (non-hydrogen) atoms. The topological polar surface area (TPSA) is 27.8 Å². The van der Waals surface area contributed by atoms with Crippen LogP contribution in [0.1, 0.15) is 24.4 Å².